The molecule has 0 spiro atoms. The number of amides is 1. The summed E-state index contributed by atoms with van der Waals surface area (Å²) in [6.07, 6.45) is 4.00. The van der Waals surface area contributed by atoms with E-state index >= 15 is 0 Å². The van der Waals surface area contributed by atoms with Crippen molar-refractivity contribution in [3.63, 3.8) is 0 Å². The number of aryl methyl sites for hydroxylation is 1. The minimum atomic E-state index is 0.124. The van der Waals surface area contributed by atoms with Gasteiger partial charge in [-0.3, -0.25) is 4.79 Å². The van der Waals surface area contributed by atoms with Gasteiger partial charge >= 0.3 is 0 Å². The number of piperidine rings is 1. The van der Waals surface area contributed by atoms with Gasteiger partial charge in [-0.25, -0.2) is 0 Å². The van der Waals surface area contributed by atoms with Crippen LogP contribution in [0.4, 0.5) is 5.82 Å². The summed E-state index contributed by atoms with van der Waals surface area (Å²) in [4.78, 5) is 14.5. The van der Waals surface area contributed by atoms with Crippen molar-refractivity contribution < 1.29 is 4.79 Å². The molecule has 7 heteroatoms. The lowest BCUT2D eigenvalue weighted by Crippen LogP contribution is -2.41. The molecule has 1 N–H and O–H groups in total. The predicted octanol–water partition coefficient (Wildman–Crippen LogP) is 2.59. The van der Waals surface area contributed by atoms with Crippen LogP contribution < -0.4 is 10.2 Å². The van der Waals surface area contributed by atoms with Crippen LogP contribution in [-0.2, 0) is 4.79 Å². The smallest absolute Gasteiger partial charge is 0.223 e. The molecule has 1 amide bonds. The van der Waals surface area contributed by atoms with Gasteiger partial charge in [-0.15, -0.1) is 15.3 Å². The summed E-state index contributed by atoms with van der Waals surface area (Å²) < 4.78 is 1.81. The fraction of sp³-hybridized carbons (Fsp3) is 0.429. The molecule has 3 aromatic rings. The van der Waals surface area contributed by atoms with E-state index in [0.717, 1.165) is 61.6 Å². The molecule has 2 aromatic heterocycles. The third-order valence-corrected chi connectivity index (χ3v) is 5.67. The second-order valence-corrected chi connectivity index (χ2v) is 7.90. The molecule has 0 bridgehead atoms. The summed E-state index contributed by atoms with van der Waals surface area (Å²) in [5, 5.41) is 16.5. The van der Waals surface area contributed by atoms with Crippen LogP contribution in [0.5, 0.6) is 0 Å². The lowest BCUT2D eigenvalue weighted by molar-refractivity contribution is -0.125. The molecule has 28 heavy (non-hydrogen) atoms. The van der Waals surface area contributed by atoms with Crippen LogP contribution in [0.25, 0.3) is 17.0 Å². The Hall–Kier alpha value is -2.96. The number of carbonyl (C=O) groups excluding carboxylic acids is 1. The number of rotatable bonds is 4. The molecule has 144 valence electrons. The monoisotopic (exact) mass is 376 g/mol. The van der Waals surface area contributed by atoms with Crippen molar-refractivity contribution in [2.75, 3.05) is 18.0 Å². The summed E-state index contributed by atoms with van der Waals surface area (Å²) in [6, 6.07) is 12.6. The van der Waals surface area contributed by atoms with Gasteiger partial charge in [0.25, 0.3) is 0 Å². The van der Waals surface area contributed by atoms with E-state index in [1.807, 2.05) is 28.8 Å². The van der Waals surface area contributed by atoms with Gasteiger partial charge in [0, 0.05) is 30.6 Å². The highest BCUT2D eigenvalue weighted by Gasteiger charge is 2.30. The summed E-state index contributed by atoms with van der Waals surface area (Å²) in [5.41, 5.74) is 2.94. The molecule has 0 unspecified atom stereocenters. The van der Waals surface area contributed by atoms with Gasteiger partial charge in [-0.05, 0) is 44.7 Å². The van der Waals surface area contributed by atoms with E-state index in [2.05, 4.69) is 39.5 Å². The Bertz CT molecular complexity index is 999. The molecule has 2 aliphatic rings. The first kappa shape index (κ1) is 17.2. The minimum absolute atomic E-state index is 0.124. The number of anilines is 1. The van der Waals surface area contributed by atoms with Gasteiger partial charge in [0.15, 0.2) is 11.5 Å². The van der Waals surface area contributed by atoms with Crippen molar-refractivity contribution in [1.82, 2.24) is 25.1 Å². The largest absolute Gasteiger partial charge is 0.355 e. The summed E-state index contributed by atoms with van der Waals surface area (Å²) in [5.74, 6) is 2.00. The molecular formula is C21H24N6O. The number of carbonyl (C=O) groups is 1. The Balaban J connectivity index is 1.34. The molecule has 2 fully saturated rings. The van der Waals surface area contributed by atoms with Gasteiger partial charge in [-0.1, -0.05) is 29.8 Å². The average molecular weight is 376 g/mol. The first-order valence-electron chi connectivity index (χ1n) is 10.0. The number of benzene rings is 1. The van der Waals surface area contributed by atoms with E-state index in [1.54, 1.807) is 0 Å². The summed E-state index contributed by atoms with van der Waals surface area (Å²) in [7, 11) is 0. The summed E-state index contributed by atoms with van der Waals surface area (Å²) >= 11 is 0. The third kappa shape index (κ3) is 3.32. The first-order valence-corrected chi connectivity index (χ1v) is 10.0. The molecule has 0 radical (unpaired) electrons. The van der Waals surface area contributed by atoms with E-state index in [4.69, 9.17) is 5.10 Å². The molecule has 1 aromatic carbocycles. The Morgan fingerprint density at radius 2 is 1.75 bits per heavy atom. The maximum Gasteiger partial charge on any atom is 0.223 e. The molecule has 1 aliphatic heterocycles. The third-order valence-electron chi connectivity index (χ3n) is 5.67. The fourth-order valence-electron chi connectivity index (χ4n) is 3.75. The van der Waals surface area contributed by atoms with Crippen molar-refractivity contribution >= 4 is 17.4 Å². The first-order chi connectivity index (χ1) is 13.7. The van der Waals surface area contributed by atoms with Crippen LogP contribution in [0, 0.1) is 12.8 Å². The van der Waals surface area contributed by atoms with Crippen LogP contribution in [0.3, 0.4) is 0 Å². The average Bonchev–Trinajstić information content (AvgIpc) is 3.44. The van der Waals surface area contributed by atoms with Crippen molar-refractivity contribution in [2.24, 2.45) is 5.92 Å². The zero-order valence-electron chi connectivity index (χ0n) is 16.0. The van der Waals surface area contributed by atoms with Crippen LogP contribution in [-0.4, -0.2) is 44.8 Å². The standard InChI is InChI=1S/C21H24N6O/c1-14-2-4-15(5-3-14)20-24-23-18-8-9-19(25-27(18)20)26-12-10-16(11-13-26)21(28)22-17-6-7-17/h2-5,8-9,16-17H,6-7,10-13H2,1H3,(H,22,28). The molecule has 1 aliphatic carbocycles. The van der Waals surface area contributed by atoms with Gasteiger partial charge in [0.05, 0.1) is 0 Å². The number of fused-ring (bicyclic) bond motifs is 1. The molecule has 0 atom stereocenters. The zero-order valence-corrected chi connectivity index (χ0v) is 16.0. The molecule has 5 rings (SSSR count). The Kier molecular flexibility index (Phi) is 4.22. The van der Waals surface area contributed by atoms with E-state index < -0.39 is 0 Å². The lowest BCUT2D eigenvalue weighted by Gasteiger charge is -2.32. The number of aromatic nitrogens is 4. The maximum atomic E-state index is 12.3. The van der Waals surface area contributed by atoms with Gasteiger partial charge in [-0.2, -0.15) is 4.52 Å². The number of nitrogens with zero attached hydrogens (tertiary/aromatic N) is 5. The summed E-state index contributed by atoms with van der Waals surface area (Å²) in [6.45, 7) is 3.74. The van der Waals surface area contributed by atoms with Crippen LogP contribution in [0.1, 0.15) is 31.2 Å². The van der Waals surface area contributed by atoms with Crippen LogP contribution in [0.15, 0.2) is 36.4 Å². The van der Waals surface area contributed by atoms with Gasteiger partial charge < -0.3 is 10.2 Å². The Morgan fingerprint density at radius 1 is 1.00 bits per heavy atom. The number of nitrogens with one attached hydrogen (secondary N) is 1. The molecule has 1 saturated carbocycles. The molecule has 7 nitrogen and oxygen atoms in total. The highest BCUT2D eigenvalue weighted by molar-refractivity contribution is 5.79. The maximum absolute atomic E-state index is 12.3. The Morgan fingerprint density at radius 3 is 2.46 bits per heavy atom. The minimum Gasteiger partial charge on any atom is -0.355 e. The van der Waals surface area contributed by atoms with E-state index in [1.165, 1.54) is 5.56 Å². The van der Waals surface area contributed by atoms with E-state index in [0.29, 0.717) is 6.04 Å². The second-order valence-electron chi connectivity index (χ2n) is 7.90. The van der Waals surface area contributed by atoms with Gasteiger partial charge in [0.1, 0.15) is 5.82 Å². The quantitative estimate of drug-likeness (QED) is 0.757. The predicted molar refractivity (Wildman–Crippen MR) is 107 cm³/mol. The fourth-order valence-corrected chi connectivity index (χ4v) is 3.75. The van der Waals surface area contributed by atoms with Crippen molar-refractivity contribution in [3.05, 3.63) is 42.0 Å². The van der Waals surface area contributed by atoms with Crippen LogP contribution >= 0.6 is 0 Å². The van der Waals surface area contributed by atoms with E-state index in [9.17, 15) is 4.79 Å². The van der Waals surface area contributed by atoms with Gasteiger partial charge in [0.2, 0.25) is 5.91 Å². The zero-order chi connectivity index (χ0) is 19.1. The van der Waals surface area contributed by atoms with Crippen molar-refractivity contribution in [2.45, 2.75) is 38.6 Å². The lowest BCUT2D eigenvalue weighted by atomic mass is 9.96. The Labute approximate surface area is 163 Å². The molecule has 3 heterocycles. The highest BCUT2D eigenvalue weighted by Crippen LogP contribution is 2.26. The highest BCUT2D eigenvalue weighted by atomic mass is 16.2. The molecule has 1 saturated heterocycles. The van der Waals surface area contributed by atoms with Crippen molar-refractivity contribution in [3.8, 4) is 11.4 Å². The second kappa shape index (κ2) is 6.89. The van der Waals surface area contributed by atoms with Crippen molar-refractivity contribution in [1.29, 1.82) is 0 Å². The van der Waals surface area contributed by atoms with E-state index in [-0.39, 0.29) is 11.8 Å². The van der Waals surface area contributed by atoms with Crippen LogP contribution in [0.2, 0.25) is 0 Å². The number of hydrogen-bond acceptors (Lipinski definition) is 5. The topological polar surface area (TPSA) is 75.4 Å². The number of hydrogen-bond donors (Lipinski definition) is 1. The molecular weight excluding hydrogens is 352 g/mol. The normalized spacial score (nSPS) is 17.8. The SMILES string of the molecule is Cc1ccc(-c2nnc3ccc(N4CCC(C(=O)NC5CC5)CC4)nn23)cc1.